The van der Waals surface area contributed by atoms with Crippen molar-refractivity contribution < 1.29 is 18.3 Å². The normalized spacial score (nSPS) is 25.3. The number of nitrogens with two attached hydrogens (primary N) is 1. The first kappa shape index (κ1) is 20.5. The van der Waals surface area contributed by atoms with Crippen molar-refractivity contribution in [3.8, 4) is 0 Å². The summed E-state index contributed by atoms with van der Waals surface area (Å²) in [7, 11) is 0. The number of rotatable bonds is 6. The first-order chi connectivity index (χ1) is 12.9. The van der Waals surface area contributed by atoms with Gasteiger partial charge in [0.2, 0.25) is 5.91 Å². The van der Waals surface area contributed by atoms with Gasteiger partial charge in [0, 0.05) is 29.9 Å². The summed E-state index contributed by atoms with van der Waals surface area (Å²) >= 11 is 6.08. The smallest absolute Gasteiger partial charge is 0.237 e. The number of hydrogen-bond donors (Lipinski definition) is 2. The Labute approximate surface area is 163 Å². The van der Waals surface area contributed by atoms with Crippen LogP contribution in [-0.2, 0) is 9.53 Å². The molecular formula is C20H27ClF2N2O2. The average molecular weight is 401 g/mol. The van der Waals surface area contributed by atoms with Gasteiger partial charge in [-0.2, -0.15) is 0 Å². The lowest BCUT2D eigenvalue weighted by atomic mass is 9.77. The van der Waals surface area contributed by atoms with E-state index in [2.05, 4.69) is 5.32 Å². The third kappa shape index (κ3) is 4.79. The Kier molecular flexibility index (Phi) is 6.71. The van der Waals surface area contributed by atoms with E-state index in [1.807, 2.05) is 0 Å². The number of halogens is 3. The van der Waals surface area contributed by atoms with Gasteiger partial charge < -0.3 is 15.8 Å². The zero-order valence-corrected chi connectivity index (χ0v) is 16.2. The second-order valence-corrected chi connectivity index (χ2v) is 8.18. The molecule has 0 radical (unpaired) electrons. The predicted octanol–water partition coefficient (Wildman–Crippen LogP) is 3.91. The molecule has 2 fully saturated rings. The van der Waals surface area contributed by atoms with Gasteiger partial charge in [0.25, 0.3) is 0 Å². The highest BCUT2D eigenvalue weighted by molar-refractivity contribution is 6.31. The van der Waals surface area contributed by atoms with Crippen LogP contribution < -0.4 is 11.1 Å². The van der Waals surface area contributed by atoms with Crippen LogP contribution in [0.15, 0.2) is 12.1 Å². The van der Waals surface area contributed by atoms with Crippen molar-refractivity contribution in [2.45, 2.75) is 56.4 Å². The van der Waals surface area contributed by atoms with Gasteiger partial charge in [-0.3, -0.25) is 4.79 Å². The first-order valence-corrected chi connectivity index (χ1v) is 10.1. The summed E-state index contributed by atoms with van der Waals surface area (Å²) in [4.78, 5) is 11.9. The maximum atomic E-state index is 14.1. The van der Waals surface area contributed by atoms with Crippen molar-refractivity contribution in [2.24, 2.45) is 11.7 Å². The SMILES string of the molecule is NC(=O)C1(NCCC2CCC(c3c(F)cc(F)cc3Cl)CC2)CCOCC1. The van der Waals surface area contributed by atoms with E-state index < -0.39 is 17.2 Å². The maximum absolute atomic E-state index is 14.1. The van der Waals surface area contributed by atoms with Gasteiger partial charge in [0.05, 0.1) is 0 Å². The molecule has 1 amide bonds. The van der Waals surface area contributed by atoms with E-state index in [4.69, 9.17) is 22.1 Å². The summed E-state index contributed by atoms with van der Waals surface area (Å²) in [6, 6.07) is 2.10. The molecule has 7 heteroatoms. The second-order valence-electron chi connectivity index (χ2n) is 7.77. The quantitative estimate of drug-likeness (QED) is 0.761. The van der Waals surface area contributed by atoms with Crippen molar-refractivity contribution in [2.75, 3.05) is 19.8 Å². The van der Waals surface area contributed by atoms with Gasteiger partial charge in [0.1, 0.15) is 17.2 Å². The Morgan fingerprint density at radius 1 is 1.22 bits per heavy atom. The summed E-state index contributed by atoms with van der Waals surface area (Å²) < 4.78 is 32.7. The molecule has 150 valence electrons. The Balaban J connectivity index is 1.49. The zero-order chi connectivity index (χ0) is 19.4. The van der Waals surface area contributed by atoms with Gasteiger partial charge in [0.15, 0.2) is 0 Å². The summed E-state index contributed by atoms with van der Waals surface area (Å²) in [6.45, 7) is 1.82. The molecule has 1 aliphatic carbocycles. The Hall–Kier alpha value is -1.24. The van der Waals surface area contributed by atoms with E-state index in [-0.39, 0.29) is 16.8 Å². The molecule has 0 bridgehead atoms. The molecule has 2 aliphatic rings. The van der Waals surface area contributed by atoms with E-state index >= 15 is 0 Å². The maximum Gasteiger partial charge on any atom is 0.237 e. The molecule has 1 aromatic rings. The molecule has 1 saturated carbocycles. The number of carbonyl (C=O) groups excluding carboxylic acids is 1. The van der Waals surface area contributed by atoms with E-state index in [1.165, 1.54) is 6.07 Å². The zero-order valence-electron chi connectivity index (χ0n) is 15.4. The summed E-state index contributed by atoms with van der Waals surface area (Å²) in [5.74, 6) is -0.947. The van der Waals surface area contributed by atoms with Gasteiger partial charge in [-0.05, 0) is 69.4 Å². The fourth-order valence-electron chi connectivity index (χ4n) is 4.43. The predicted molar refractivity (Wildman–Crippen MR) is 101 cm³/mol. The van der Waals surface area contributed by atoms with Crippen LogP contribution in [0.25, 0.3) is 0 Å². The van der Waals surface area contributed by atoms with Crippen molar-refractivity contribution in [3.63, 3.8) is 0 Å². The van der Waals surface area contributed by atoms with Crippen LogP contribution in [0.1, 0.15) is 56.4 Å². The van der Waals surface area contributed by atoms with Crippen molar-refractivity contribution >= 4 is 17.5 Å². The van der Waals surface area contributed by atoms with E-state index in [0.29, 0.717) is 37.5 Å². The standard InChI is InChI=1S/C20H27ClF2N2O2/c21-16-11-15(22)12-17(23)18(16)14-3-1-13(2-4-14)5-8-25-20(19(24)26)6-9-27-10-7-20/h11-14,25H,1-10H2,(H2,24,26). The molecule has 1 heterocycles. The molecule has 27 heavy (non-hydrogen) atoms. The van der Waals surface area contributed by atoms with Crippen molar-refractivity contribution in [3.05, 3.63) is 34.4 Å². The van der Waals surface area contributed by atoms with E-state index in [9.17, 15) is 13.6 Å². The molecule has 1 aromatic carbocycles. The molecule has 0 unspecified atom stereocenters. The molecule has 0 atom stereocenters. The number of ether oxygens (including phenoxy) is 1. The number of primary amides is 1. The summed E-state index contributed by atoms with van der Waals surface area (Å²) in [6.07, 6.45) is 5.76. The van der Waals surface area contributed by atoms with Crippen LogP contribution >= 0.6 is 11.6 Å². The molecule has 1 aliphatic heterocycles. The highest BCUT2D eigenvalue weighted by atomic mass is 35.5. The van der Waals surface area contributed by atoms with E-state index in [0.717, 1.165) is 44.7 Å². The third-order valence-corrected chi connectivity index (χ3v) is 6.45. The van der Waals surface area contributed by atoms with Crippen molar-refractivity contribution in [1.82, 2.24) is 5.32 Å². The number of hydrogen-bond acceptors (Lipinski definition) is 3. The topological polar surface area (TPSA) is 64.4 Å². The lowest BCUT2D eigenvalue weighted by Crippen LogP contribution is -2.58. The monoisotopic (exact) mass is 400 g/mol. The van der Waals surface area contributed by atoms with Crippen LogP contribution in [0.4, 0.5) is 8.78 Å². The lowest BCUT2D eigenvalue weighted by molar-refractivity contribution is -0.128. The molecule has 0 spiro atoms. The van der Waals surface area contributed by atoms with Crippen LogP contribution in [-0.4, -0.2) is 31.2 Å². The third-order valence-electron chi connectivity index (χ3n) is 6.13. The average Bonchev–Trinajstić information content (AvgIpc) is 2.63. The highest BCUT2D eigenvalue weighted by Gasteiger charge is 2.38. The molecule has 3 rings (SSSR count). The fourth-order valence-corrected chi connectivity index (χ4v) is 4.78. The van der Waals surface area contributed by atoms with Crippen LogP contribution in [0, 0.1) is 17.6 Å². The second kappa shape index (κ2) is 8.84. The lowest BCUT2D eigenvalue weighted by Gasteiger charge is -2.36. The fraction of sp³-hybridized carbons (Fsp3) is 0.650. The van der Waals surface area contributed by atoms with Crippen LogP contribution in [0.2, 0.25) is 5.02 Å². The number of amides is 1. The minimum Gasteiger partial charge on any atom is -0.381 e. The number of benzene rings is 1. The summed E-state index contributed by atoms with van der Waals surface area (Å²) in [5, 5.41) is 3.55. The minimum absolute atomic E-state index is 0.0368. The largest absolute Gasteiger partial charge is 0.381 e. The number of carbonyl (C=O) groups is 1. The summed E-state index contributed by atoms with van der Waals surface area (Å²) in [5.41, 5.74) is 5.41. The van der Waals surface area contributed by atoms with Gasteiger partial charge >= 0.3 is 0 Å². The molecule has 3 N–H and O–H groups in total. The van der Waals surface area contributed by atoms with Gasteiger partial charge in [-0.15, -0.1) is 0 Å². The first-order valence-electron chi connectivity index (χ1n) is 9.68. The molecular weight excluding hydrogens is 374 g/mol. The Morgan fingerprint density at radius 3 is 2.48 bits per heavy atom. The van der Waals surface area contributed by atoms with Crippen LogP contribution in [0.5, 0.6) is 0 Å². The minimum atomic E-state index is -0.653. The van der Waals surface area contributed by atoms with Crippen LogP contribution in [0.3, 0.4) is 0 Å². The Bertz CT molecular complexity index is 649. The highest BCUT2D eigenvalue weighted by Crippen LogP contribution is 2.41. The molecule has 4 nitrogen and oxygen atoms in total. The van der Waals surface area contributed by atoms with E-state index in [1.54, 1.807) is 0 Å². The molecule has 1 saturated heterocycles. The number of nitrogens with one attached hydrogen (secondary N) is 1. The Morgan fingerprint density at radius 2 is 1.89 bits per heavy atom. The van der Waals surface area contributed by atoms with Crippen molar-refractivity contribution in [1.29, 1.82) is 0 Å². The van der Waals surface area contributed by atoms with Gasteiger partial charge in [-0.1, -0.05) is 11.6 Å². The van der Waals surface area contributed by atoms with Gasteiger partial charge in [-0.25, -0.2) is 8.78 Å². The molecule has 0 aromatic heterocycles.